The minimum absolute atomic E-state index is 0.599. The maximum atomic E-state index is 4.94. The van der Waals surface area contributed by atoms with Crippen LogP contribution in [0.2, 0.25) is 0 Å². The van der Waals surface area contributed by atoms with E-state index in [-0.39, 0.29) is 0 Å². The van der Waals surface area contributed by atoms with Gasteiger partial charge in [-0.2, -0.15) is 0 Å². The molecule has 4 bridgehead atoms. The first-order valence-corrected chi connectivity index (χ1v) is 8.06. The van der Waals surface area contributed by atoms with Gasteiger partial charge in [-0.25, -0.2) is 0 Å². The van der Waals surface area contributed by atoms with Gasteiger partial charge < -0.3 is 4.90 Å². The summed E-state index contributed by atoms with van der Waals surface area (Å²) < 4.78 is 0. The minimum Gasteiger partial charge on any atom is -0.358 e. The lowest BCUT2D eigenvalue weighted by atomic mass is 9.52. The Balaban J connectivity index is 1.52. The fourth-order valence-corrected chi connectivity index (χ4v) is 5.91. The van der Waals surface area contributed by atoms with Gasteiger partial charge in [0.15, 0.2) is 0 Å². The van der Waals surface area contributed by atoms with Crippen LogP contribution in [0.3, 0.4) is 0 Å². The van der Waals surface area contributed by atoms with E-state index in [1.54, 1.807) is 19.3 Å². The monoisotopic (exact) mass is 263 g/mol. The molecule has 0 amide bonds. The van der Waals surface area contributed by atoms with E-state index >= 15 is 0 Å². The van der Waals surface area contributed by atoms with Crippen LogP contribution in [0.4, 0.5) is 0 Å². The highest BCUT2D eigenvalue weighted by Crippen LogP contribution is 2.57. The Hall–Kier alpha value is -0.150. The van der Waals surface area contributed by atoms with Crippen molar-refractivity contribution in [1.82, 2.24) is 9.80 Å². The van der Waals surface area contributed by atoms with Crippen molar-refractivity contribution in [1.29, 1.82) is 0 Å². The predicted octanol–water partition coefficient (Wildman–Crippen LogP) is 2.41. The number of hydrogen-bond acceptors (Lipinski definition) is 2. The van der Waals surface area contributed by atoms with Crippen LogP contribution in [-0.2, 0) is 0 Å². The van der Waals surface area contributed by atoms with Crippen molar-refractivity contribution < 1.29 is 0 Å². The van der Waals surface area contributed by atoms with Crippen molar-refractivity contribution in [3.63, 3.8) is 0 Å². The molecule has 99 valence electrons. The van der Waals surface area contributed by atoms with Crippen LogP contribution in [0.1, 0.15) is 38.5 Å². The lowest BCUT2D eigenvalue weighted by molar-refractivity contribution is -0.0968. The highest BCUT2D eigenvalue weighted by Gasteiger charge is 2.53. The first kappa shape index (κ1) is 11.7. The molecule has 5 rings (SSSR count). The number of thiocarbonyl (C=S) groups is 1. The lowest BCUT2D eigenvalue weighted by Crippen LogP contribution is -2.63. The third kappa shape index (κ3) is 1.74. The van der Waals surface area contributed by atoms with Gasteiger partial charge in [-0.05, 0) is 56.3 Å². The van der Waals surface area contributed by atoms with Crippen molar-refractivity contribution in [3.05, 3.63) is 0 Å². The largest absolute Gasteiger partial charge is 0.358 e. The summed E-state index contributed by atoms with van der Waals surface area (Å²) in [6.07, 6.45) is 9.15. The molecule has 18 heavy (non-hydrogen) atoms. The molecule has 2 nitrogen and oxygen atoms in total. The summed E-state index contributed by atoms with van der Waals surface area (Å²) in [5.74, 6) is 3.18. The van der Waals surface area contributed by atoms with Crippen molar-refractivity contribution in [2.24, 2.45) is 17.8 Å². The van der Waals surface area contributed by atoms with E-state index in [0.29, 0.717) is 5.54 Å². The molecule has 0 aromatic heterocycles. The van der Waals surface area contributed by atoms with E-state index in [9.17, 15) is 0 Å². The third-order valence-electron chi connectivity index (χ3n) is 6.09. The van der Waals surface area contributed by atoms with Crippen LogP contribution in [0, 0.1) is 17.8 Å². The fraction of sp³-hybridized carbons (Fsp3) is 0.933. The van der Waals surface area contributed by atoms with Gasteiger partial charge in [0.1, 0.15) is 5.49 Å². The maximum Gasteiger partial charge on any atom is 0.137 e. The Bertz CT molecular complexity index is 311. The maximum absolute atomic E-state index is 4.94. The van der Waals surface area contributed by atoms with Gasteiger partial charge in [0.25, 0.3) is 0 Å². The Morgan fingerprint density at radius 3 is 1.78 bits per heavy atom. The van der Waals surface area contributed by atoms with Gasteiger partial charge in [-0.1, -0.05) is 12.2 Å². The van der Waals surface area contributed by atoms with Crippen LogP contribution < -0.4 is 0 Å². The second kappa shape index (κ2) is 4.17. The van der Waals surface area contributed by atoms with E-state index in [1.165, 1.54) is 32.4 Å². The van der Waals surface area contributed by atoms with Crippen molar-refractivity contribution in [3.8, 4) is 0 Å². The van der Waals surface area contributed by atoms with Crippen molar-refractivity contribution >= 4 is 17.7 Å². The lowest BCUT2D eigenvalue weighted by Gasteiger charge is -2.61. The molecule has 0 spiro atoms. The second-order valence-corrected chi connectivity index (χ2v) is 7.39. The summed E-state index contributed by atoms with van der Waals surface area (Å²) in [6, 6.07) is 0. The molecule has 5 fully saturated rings. The molecule has 0 atom stereocenters. The van der Waals surface area contributed by atoms with Crippen molar-refractivity contribution in [2.45, 2.75) is 44.1 Å². The zero-order chi connectivity index (χ0) is 12.2. The molecular formula is C15H23N2S. The van der Waals surface area contributed by atoms with Gasteiger partial charge in [-0.3, -0.25) is 4.90 Å². The van der Waals surface area contributed by atoms with Gasteiger partial charge in [0, 0.05) is 31.7 Å². The molecule has 4 saturated carbocycles. The molecule has 5 aliphatic rings. The summed E-state index contributed by atoms with van der Waals surface area (Å²) in [7, 11) is 0. The highest BCUT2D eigenvalue weighted by molar-refractivity contribution is 7.78. The van der Waals surface area contributed by atoms with E-state index in [4.69, 9.17) is 12.2 Å². The van der Waals surface area contributed by atoms with Crippen LogP contribution in [0.5, 0.6) is 0 Å². The smallest absolute Gasteiger partial charge is 0.137 e. The van der Waals surface area contributed by atoms with Crippen LogP contribution in [0.25, 0.3) is 0 Å². The Kier molecular flexibility index (Phi) is 2.70. The number of hydrogen-bond donors (Lipinski definition) is 0. The molecule has 1 radical (unpaired) electrons. The van der Waals surface area contributed by atoms with Gasteiger partial charge >= 0.3 is 0 Å². The summed E-state index contributed by atoms with van der Waals surface area (Å²) in [5.41, 5.74) is 3.49. The zero-order valence-electron chi connectivity index (χ0n) is 11.1. The summed E-state index contributed by atoms with van der Waals surface area (Å²) >= 11 is 4.94. The van der Waals surface area contributed by atoms with E-state index in [0.717, 1.165) is 30.8 Å². The minimum atomic E-state index is 0.599. The SMILES string of the molecule is S=[C]N1CCN(C23CC4CC(CC(C4)C2)C3)CC1. The average molecular weight is 263 g/mol. The topological polar surface area (TPSA) is 6.48 Å². The second-order valence-electron chi connectivity index (χ2n) is 7.21. The molecule has 0 aromatic rings. The third-order valence-corrected chi connectivity index (χ3v) is 6.34. The molecule has 1 heterocycles. The first-order valence-electron chi connectivity index (χ1n) is 7.65. The summed E-state index contributed by atoms with van der Waals surface area (Å²) in [6.45, 7) is 4.64. The normalized spacial score (nSPS) is 47.6. The molecule has 1 saturated heterocycles. The van der Waals surface area contributed by atoms with E-state index < -0.39 is 0 Å². The van der Waals surface area contributed by atoms with Gasteiger partial charge in [-0.15, -0.1) is 0 Å². The van der Waals surface area contributed by atoms with Crippen LogP contribution >= 0.6 is 12.2 Å². The molecular weight excluding hydrogens is 240 g/mol. The Labute approximate surface area is 116 Å². The van der Waals surface area contributed by atoms with E-state index in [2.05, 4.69) is 15.3 Å². The standard InChI is InChI=1S/C15H23N2S/c18-11-16-1-3-17(4-2-16)15-8-12-5-13(9-15)7-14(6-12)10-15/h12-14H,1-10H2. The highest BCUT2D eigenvalue weighted by atomic mass is 32.1. The number of rotatable bonds is 2. The zero-order valence-corrected chi connectivity index (χ0v) is 11.9. The Morgan fingerprint density at radius 1 is 0.833 bits per heavy atom. The number of piperazine rings is 1. The first-order chi connectivity index (χ1) is 8.77. The Morgan fingerprint density at radius 2 is 1.33 bits per heavy atom. The van der Waals surface area contributed by atoms with Crippen LogP contribution in [-0.4, -0.2) is 47.0 Å². The molecule has 3 heteroatoms. The number of nitrogens with zero attached hydrogens (tertiary/aromatic N) is 2. The van der Waals surface area contributed by atoms with Gasteiger partial charge in [0.2, 0.25) is 0 Å². The fourth-order valence-electron chi connectivity index (χ4n) is 5.72. The molecule has 0 unspecified atom stereocenters. The van der Waals surface area contributed by atoms with Crippen molar-refractivity contribution in [2.75, 3.05) is 26.2 Å². The predicted molar refractivity (Wildman–Crippen MR) is 76.6 cm³/mol. The van der Waals surface area contributed by atoms with E-state index in [1.807, 2.05) is 0 Å². The van der Waals surface area contributed by atoms with Gasteiger partial charge in [0.05, 0.1) is 0 Å². The molecule has 0 aromatic carbocycles. The molecule has 4 aliphatic carbocycles. The summed E-state index contributed by atoms with van der Waals surface area (Å²) in [5, 5.41) is 0. The average Bonchev–Trinajstić information content (AvgIpc) is 2.37. The van der Waals surface area contributed by atoms with Crippen LogP contribution in [0.15, 0.2) is 0 Å². The molecule has 1 aliphatic heterocycles. The molecule has 0 N–H and O–H groups in total. The summed E-state index contributed by atoms with van der Waals surface area (Å²) in [4.78, 5) is 5.02. The quantitative estimate of drug-likeness (QED) is 0.707.